The molecule has 2 heterocycles. The van der Waals surface area contributed by atoms with Crippen molar-refractivity contribution < 1.29 is 28.7 Å². The molecular weight excluding hydrogens is 527 g/mol. The summed E-state index contributed by atoms with van der Waals surface area (Å²) in [6, 6.07) is 16.2. The number of fused-ring (bicyclic) bond motifs is 1. The van der Waals surface area contributed by atoms with E-state index < -0.39 is 41.7 Å². The van der Waals surface area contributed by atoms with Crippen molar-refractivity contribution in [3.63, 3.8) is 0 Å². The minimum absolute atomic E-state index is 0.0728. The average Bonchev–Trinajstić information content (AvgIpc) is 3.54. The second kappa shape index (κ2) is 11.4. The number of Topliss-reactive ketones (excluding diaryl/α,β-unsaturated/α-hetero) is 1. The molecule has 0 aliphatic carbocycles. The number of carbonyl (C=O) groups excluding carboxylic acids is 4. The average molecular weight is 559 g/mol. The highest BCUT2D eigenvalue weighted by molar-refractivity contribution is 6.03. The molecule has 2 saturated heterocycles. The van der Waals surface area contributed by atoms with E-state index >= 15 is 0 Å². The van der Waals surface area contributed by atoms with Crippen LogP contribution in [0.5, 0.6) is 5.75 Å². The quantitative estimate of drug-likeness (QED) is 0.462. The van der Waals surface area contributed by atoms with Crippen LogP contribution in [0.4, 0.5) is 10.1 Å². The number of hydrogen-bond donors (Lipinski definition) is 2. The number of aromatic hydroxyl groups is 1. The first-order chi connectivity index (χ1) is 19.6. The van der Waals surface area contributed by atoms with Gasteiger partial charge in [0, 0.05) is 43.9 Å². The zero-order chi connectivity index (χ0) is 29.3. The smallest absolute Gasteiger partial charge is 0.254 e. The monoisotopic (exact) mass is 558 g/mol. The number of ketones is 1. The summed E-state index contributed by atoms with van der Waals surface area (Å²) >= 11 is 0. The molecule has 2 aliphatic rings. The largest absolute Gasteiger partial charge is 0.508 e. The molecule has 0 unspecified atom stereocenters. The van der Waals surface area contributed by atoms with Crippen LogP contribution >= 0.6 is 0 Å². The van der Waals surface area contributed by atoms with E-state index in [1.165, 1.54) is 40.1 Å². The number of phenols is 1. The molecule has 10 heteroatoms. The SMILES string of the molecule is CN(C)c1ccc(C(=O)N[C@@H](Cc2ccc(O)cc2)C(=O)N2CC[C@@H]3[C@H]2C(=O)CN3C(=O)c2cccc(F)c2)cc1. The van der Waals surface area contributed by atoms with Gasteiger partial charge in [0.2, 0.25) is 5.91 Å². The fourth-order valence-electron chi connectivity index (χ4n) is 5.55. The van der Waals surface area contributed by atoms with Gasteiger partial charge in [-0.15, -0.1) is 0 Å². The Hall–Kier alpha value is -4.73. The Balaban J connectivity index is 1.37. The first-order valence-electron chi connectivity index (χ1n) is 13.4. The maximum absolute atomic E-state index is 14.0. The Morgan fingerprint density at radius 2 is 1.71 bits per heavy atom. The van der Waals surface area contributed by atoms with Crippen molar-refractivity contribution in [3.05, 3.63) is 95.3 Å². The molecule has 5 rings (SSSR count). The van der Waals surface area contributed by atoms with Crippen molar-refractivity contribution in [3.8, 4) is 5.75 Å². The lowest BCUT2D eigenvalue weighted by atomic mass is 10.0. The topological polar surface area (TPSA) is 110 Å². The van der Waals surface area contributed by atoms with Gasteiger partial charge >= 0.3 is 0 Å². The molecule has 3 amide bonds. The van der Waals surface area contributed by atoms with Gasteiger partial charge < -0.3 is 25.1 Å². The lowest BCUT2D eigenvalue weighted by Crippen LogP contribution is -2.53. The zero-order valence-electron chi connectivity index (χ0n) is 22.8. The number of hydrogen-bond acceptors (Lipinski definition) is 6. The third-order valence-corrected chi connectivity index (χ3v) is 7.66. The summed E-state index contributed by atoms with van der Waals surface area (Å²) in [6.07, 6.45) is 0.518. The molecule has 0 saturated carbocycles. The van der Waals surface area contributed by atoms with Crippen molar-refractivity contribution >= 4 is 29.2 Å². The number of nitrogens with zero attached hydrogens (tertiary/aromatic N) is 3. The van der Waals surface area contributed by atoms with Gasteiger partial charge in [-0.05, 0) is 66.6 Å². The number of amides is 3. The van der Waals surface area contributed by atoms with E-state index in [2.05, 4.69) is 5.32 Å². The first kappa shape index (κ1) is 27.8. The van der Waals surface area contributed by atoms with Crippen LogP contribution in [0.25, 0.3) is 0 Å². The summed E-state index contributed by atoms with van der Waals surface area (Å²) in [5, 5.41) is 12.5. The third kappa shape index (κ3) is 5.77. The van der Waals surface area contributed by atoms with Crippen LogP contribution in [0.3, 0.4) is 0 Å². The summed E-state index contributed by atoms with van der Waals surface area (Å²) in [5.74, 6) is -2.09. The summed E-state index contributed by atoms with van der Waals surface area (Å²) in [4.78, 5) is 58.3. The second-order valence-electron chi connectivity index (χ2n) is 10.6. The molecule has 0 spiro atoms. The summed E-state index contributed by atoms with van der Waals surface area (Å²) < 4.78 is 13.8. The molecule has 0 radical (unpaired) electrons. The zero-order valence-corrected chi connectivity index (χ0v) is 22.8. The highest BCUT2D eigenvalue weighted by Gasteiger charge is 2.52. The molecule has 0 bridgehead atoms. The van der Waals surface area contributed by atoms with E-state index in [9.17, 15) is 28.7 Å². The maximum atomic E-state index is 14.0. The van der Waals surface area contributed by atoms with Crippen LogP contribution in [0, 0.1) is 5.82 Å². The van der Waals surface area contributed by atoms with E-state index in [0.29, 0.717) is 17.5 Å². The van der Waals surface area contributed by atoms with E-state index in [4.69, 9.17) is 0 Å². The fraction of sp³-hybridized carbons (Fsp3) is 0.290. The highest BCUT2D eigenvalue weighted by Crippen LogP contribution is 2.32. The van der Waals surface area contributed by atoms with E-state index in [1.807, 2.05) is 19.0 Å². The predicted molar refractivity (Wildman–Crippen MR) is 150 cm³/mol. The van der Waals surface area contributed by atoms with Crippen molar-refractivity contribution in [2.75, 3.05) is 32.1 Å². The standard InChI is InChI=1S/C31H31FN4O5/c1-34(2)23-10-8-20(9-11-23)29(39)33-25(16-19-6-12-24(37)13-7-19)31(41)35-15-14-26-28(35)27(38)18-36(26)30(40)21-4-3-5-22(32)17-21/h3-13,17,25-26,28,37H,14-16,18H2,1-2H3,(H,33,39)/t25-,26+,28-/m0/s1. The van der Waals surface area contributed by atoms with Crippen LogP contribution in [-0.4, -0.2) is 83.7 Å². The number of nitrogens with one attached hydrogen (secondary N) is 1. The molecular formula is C31H31FN4O5. The Morgan fingerprint density at radius 3 is 2.37 bits per heavy atom. The molecule has 2 fully saturated rings. The lowest BCUT2D eigenvalue weighted by Gasteiger charge is -2.28. The van der Waals surface area contributed by atoms with E-state index in [0.717, 1.165) is 11.8 Å². The Bertz CT molecular complexity index is 1470. The lowest BCUT2D eigenvalue weighted by molar-refractivity contribution is -0.138. The molecule has 2 N–H and O–H groups in total. The number of anilines is 1. The number of benzene rings is 3. The van der Waals surface area contributed by atoms with E-state index in [1.54, 1.807) is 36.4 Å². The van der Waals surface area contributed by atoms with Gasteiger partial charge in [-0.1, -0.05) is 18.2 Å². The Kier molecular flexibility index (Phi) is 7.74. The summed E-state index contributed by atoms with van der Waals surface area (Å²) in [6.45, 7) is 0.0496. The molecule has 3 aromatic carbocycles. The number of halogens is 1. The number of rotatable bonds is 7. The minimum atomic E-state index is -1.000. The number of likely N-dealkylation sites (tertiary alicyclic amines) is 2. The summed E-state index contributed by atoms with van der Waals surface area (Å²) in [5.41, 5.74) is 2.14. The Morgan fingerprint density at radius 1 is 1.00 bits per heavy atom. The fourth-order valence-corrected chi connectivity index (χ4v) is 5.55. The van der Waals surface area contributed by atoms with Crippen LogP contribution in [0.1, 0.15) is 32.7 Å². The maximum Gasteiger partial charge on any atom is 0.254 e. The van der Waals surface area contributed by atoms with Gasteiger partial charge in [-0.3, -0.25) is 19.2 Å². The van der Waals surface area contributed by atoms with Crippen molar-refractivity contribution in [2.45, 2.75) is 31.0 Å². The third-order valence-electron chi connectivity index (χ3n) is 7.66. The molecule has 41 heavy (non-hydrogen) atoms. The van der Waals surface area contributed by atoms with Gasteiger partial charge in [-0.25, -0.2) is 4.39 Å². The minimum Gasteiger partial charge on any atom is -0.508 e. The van der Waals surface area contributed by atoms with E-state index in [-0.39, 0.29) is 36.6 Å². The number of phenolic OH excluding ortho intramolecular Hbond substituents is 1. The summed E-state index contributed by atoms with van der Waals surface area (Å²) in [7, 11) is 3.78. The first-order valence-corrected chi connectivity index (χ1v) is 13.4. The number of carbonyl (C=O) groups is 4. The van der Waals surface area contributed by atoms with Gasteiger partial charge in [0.15, 0.2) is 5.78 Å². The van der Waals surface area contributed by atoms with Gasteiger partial charge in [0.25, 0.3) is 11.8 Å². The molecule has 0 aromatic heterocycles. The molecule has 3 atom stereocenters. The van der Waals surface area contributed by atoms with Crippen LogP contribution in [0.15, 0.2) is 72.8 Å². The van der Waals surface area contributed by atoms with Gasteiger partial charge in [0.05, 0.1) is 12.6 Å². The van der Waals surface area contributed by atoms with Crippen molar-refractivity contribution in [2.24, 2.45) is 0 Å². The molecule has 3 aromatic rings. The Labute approximate surface area is 237 Å². The highest BCUT2D eigenvalue weighted by atomic mass is 19.1. The predicted octanol–water partition coefficient (Wildman–Crippen LogP) is 2.63. The van der Waals surface area contributed by atoms with Crippen molar-refractivity contribution in [1.82, 2.24) is 15.1 Å². The van der Waals surface area contributed by atoms with Crippen LogP contribution < -0.4 is 10.2 Å². The van der Waals surface area contributed by atoms with Gasteiger partial charge in [-0.2, -0.15) is 0 Å². The van der Waals surface area contributed by atoms with Crippen LogP contribution in [-0.2, 0) is 16.0 Å². The molecule has 2 aliphatic heterocycles. The normalized spacial score (nSPS) is 18.7. The molecule has 212 valence electrons. The van der Waals surface area contributed by atoms with Crippen LogP contribution in [0.2, 0.25) is 0 Å². The van der Waals surface area contributed by atoms with Crippen molar-refractivity contribution in [1.29, 1.82) is 0 Å². The molecule has 9 nitrogen and oxygen atoms in total. The second-order valence-corrected chi connectivity index (χ2v) is 10.6. The van der Waals surface area contributed by atoms with Gasteiger partial charge in [0.1, 0.15) is 23.7 Å².